The van der Waals surface area contributed by atoms with Gasteiger partial charge in [-0.05, 0) is 42.0 Å². The zero-order valence-electron chi connectivity index (χ0n) is 13.7. The Morgan fingerprint density at radius 1 is 1.25 bits per heavy atom. The van der Waals surface area contributed by atoms with E-state index in [1.54, 1.807) is 12.5 Å². The van der Waals surface area contributed by atoms with Crippen LogP contribution in [0.1, 0.15) is 17.7 Å². The molecule has 0 bridgehead atoms. The maximum atomic E-state index is 5.93. The van der Waals surface area contributed by atoms with Crippen molar-refractivity contribution in [2.75, 3.05) is 19.7 Å². The molecule has 124 valence electrons. The van der Waals surface area contributed by atoms with E-state index < -0.39 is 0 Å². The van der Waals surface area contributed by atoms with Crippen LogP contribution in [-0.4, -0.2) is 45.7 Å². The SMILES string of the molecule is c1cc(CC[C@H]2CN(Cc3ccc4cc[nH]c4c3)CCO2)ncn1. The third kappa shape index (κ3) is 3.63. The molecule has 2 aromatic heterocycles. The van der Waals surface area contributed by atoms with Crippen LogP contribution in [0.3, 0.4) is 0 Å². The van der Waals surface area contributed by atoms with Crippen molar-refractivity contribution in [1.82, 2.24) is 19.9 Å². The second-order valence-electron chi connectivity index (χ2n) is 6.37. The summed E-state index contributed by atoms with van der Waals surface area (Å²) in [4.78, 5) is 14.0. The normalized spacial score (nSPS) is 18.9. The summed E-state index contributed by atoms with van der Waals surface area (Å²) in [5, 5.41) is 1.27. The molecule has 1 aliphatic rings. The Hall–Kier alpha value is -2.24. The molecule has 1 aromatic carbocycles. The second-order valence-corrected chi connectivity index (χ2v) is 6.37. The van der Waals surface area contributed by atoms with Gasteiger partial charge in [0.15, 0.2) is 0 Å². The third-order valence-corrected chi connectivity index (χ3v) is 4.61. The summed E-state index contributed by atoms with van der Waals surface area (Å²) in [5.74, 6) is 0. The van der Waals surface area contributed by atoms with E-state index in [0.717, 1.165) is 44.8 Å². The summed E-state index contributed by atoms with van der Waals surface area (Å²) in [6.07, 6.45) is 7.63. The number of aromatic nitrogens is 3. The molecule has 1 fully saturated rings. The van der Waals surface area contributed by atoms with Crippen molar-refractivity contribution in [3.63, 3.8) is 0 Å². The molecule has 0 spiro atoms. The highest BCUT2D eigenvalue weighted by Crippen LogP contribution is 2.18. The van der Waals surface area contributed by atoms with Gasteiger partial charge in [-0.1, -0.05) is 12.1 Å². The van der Waals surface area contributed by atoms with Crippen molar-refractivity contribution in [1.29, 1.82) is 0 Å². The molecule has 0 aliphatic carbocycles. The lowest BCUT2D eigenvalue weighted by atomic mass is 10.1. The maximum Gasteiger partial charge on any atom is 0.115 e. The lowest BCUT2D eigenvalue weighted by Crippen LogP contribution is -2.42. The van der Waals surface area contributed by atoms with Crippen LogP contribution < -0.4 is 0 Å². The molecule has 0 unspecified atom stereocenters. The van der Waals surface area contributed by atoms with Crippen LogP contribution in [0.4, 0.5) is 0 Å². The van der Waals surface area contributed by atoms with Gasteiger partial charge in [-0.25, -0.2) is 9.97 Å². The van der Waals surface area contributed by atoms with Crippen molar-refractivity contribution in [2.24, 2.45) is 0 Å². The minimum absolute atomic E-state index is 0.280. The monoisotopic (exact) mass is 322 g/mol. The fraction of sp³-hybridized carbons (Fsp3) is 0.368. The van der Waals surface area contributed by atoms with Crippen LogP contribution in [0.25, 0.3) is 10.9 Å². The van der Waals surface area contributed by atoms with Crippen molar-refractivity contribution < 1.29 is 4.74 Å². The first kappa shape index (κ1) is 15.3. The minimum Gasteiger partial charge on any atom is -0.376 e. The van der Waals surface area contributed by atoms with E-state index in [1.165, 1.54) is 16.5 Å². The first-order valence-electron chi connectivity index (χ1n) is 8.52. The number of ether oxygens (including phenoxy) is 1. The van der Waals surface area contributed by atoms with Crippen molar-refractivity contribution in [3.05, 3.63) is 60.3 Å². The van der Waals surface area contributed by atoms with E-state index in [0.29, 0.717) is 0 Å². The average molecular weight is 322 g/mol. The summed E-state index contributed by atoms with van der Waals surface area (Å²) in [5.41, 5.74) is 3.64. The molecule has 0 radical (unpaired) electrons. The van der Waals surface area contributed by atoms with Gasteiger partial charge < -0.3 is 9.72 Å². The number of aryl methyl sites for hydroxylation is 1. The van der Waals surface area contributed by atoms with Crippen LogP contribution in [-0.2, 0) is 17.7 Å². The highest BCUT2D eigenvalue weighted by Gasteiger charge is 2.20. The number of H-pyrrole nitrogens is 1. The predicted molar refractivity (Wildman–Crippen MR) is 93.7 cm³/mol. The maximum absolute atomic E-state index is 5.93. The van der Waals surface area contributed by atoms with E-state index in [1.807, 2.05) is 12.3 Å². The molecule has 1 N–H and O–H groups in total. The zero-order chi connectivity index (χ0) is 16.2. The average Bonchev–Trinajstić information content (AvgIpc) is 3.09. The zero-order valence-corrected chi connectivity index (χ0v) is 13.7. The summed E-state index contributed by atoms with van der Waals surface area (Å²) in [7, 11) is 0. The fourth-order valence-electron chi connectivity index (χ4n) is 3.33. The number of morpholine rings is 1. The molecule has 24 heavy (non-hydrogen) atoms. The number of nitrogens with zero attached hydrogens (tertiary/aromatic N) is 3. The van der Waals surface area contributed by atoms with Crippen LogP contribution in [0.5, 0.6) is 0 Å². The van der Waals surface area contributed by atoms with Gasteiger partial charge in [-0.15, -0.1) is 0 Å². The highest BCUT2D eigenvalue weighted by atomic mass is 16.5. The largest absolute Gasteiger partial charge is 0.376 e. The summed E-state index contributed by atoms with van der Waals surface area (Å²) < 4.78 is 5.93. The lowest BCUT2D eigenvalue weighted by molar-refractivity contribution is -0.0346. The highest BCUT2D eigenvalue weighted by molar-refractivity contribution is 5.79. The van der Waals surface area contributed by atoms with E-state index >= 15 is 0 Å². The number of rotatable bonds is 5. The molecule has 4 rings (SSSR count). The Kier molecular flexibility index (Phi) is 4.53. The first-order chi connectivity index (χ1) is 11.9. The fourth-order valence-corrected chi connectivity index (χ4v) is 3.33. The van der Waals surface area contributed by atoms with Crippen LogP contribution >= 0.6 is 0 Å². The Balaban J connectivity index is 1.34. The quantitative estimate of drug-likeness (QED) is 0.785. The molecule has 1 atom stereocenters. The molecule has 0 saturated carbocycles. The molecule has 0 amide bonds. The Morgan fingerprint density at radius 2 is 2.25 bits per heavy atom. The van der Waals surface area contributed by atoms with Crippen LogP contribution in [0.2, 0.25) is 0 Å². The van der Waals surface area contributed by atoms with Crippen LogP contribution in [0.15, 0.2) is 49.1 Å². The predicted octanol–water partition coefficient (Wildman–Crippen LogP) is 2.79. The van der Waals surface area contributed by atoms with Gasteiger partial charge in [0.25, 0.3) is 0 Å². The standard InChI is InChI=1S/C19H22N4O/c1-2-16-5-8-21-19(16)11-15(1)12-23-9-10-24-18(13-23)4-3-17-6-7-20-14-22-17/h1-2,5-8,11,14,18,21H,3-4,9-10,12-13H2/t18-/m0/s1. The molecular weight excluding hydrogens is 300 g/mol. The Morgan fingerprint density at radius 3 is 3.17 bits per heavy atom. The summed E-state index contributed by atoms with van der Waals surface area (Å²) >= 11 is 0. The molecule has 5 heteroatoms. The van der Waals surface area contributed by atoms with Crippen LogP contribution in [0, 0.1) is 0 Å². The molecule has 3 heterocycles. The number of fused-ring (bicyclic) bond motifs is 1. The van der Waals surface area contributed by atoms with E-state index in [4.69, 9.17) is 4.74 Å². The number of nitrogens with one attached hydrogen (secondary N) is 1. The molecule has 3 aromatic rings. The Bertz CT molecular complexity index is 786. The van der Waals surface area contributed by atoms with Gasteiger partial charge in [0.1, 0.15) is 6.33 Å². The number of hydrogen-bond acceptors (Lipinski definition) is 4. The smallest absolute Gasteiger partial charge is 0.115 e. The van der Waals surface area contributed by atoms with E-state index in [2.05, 4.69) is 44.1 Å². The van der Waals surface area contributed by atoms with Gasteiger partial charge >= 0.3 is 0 Å². The molecule has 5 nitrogen and oxygen atoms in total. The summed E-state index contributed by atoms with van der Waals surface area (Å²) in [6, 6.07) is 10.7. The van der Waals surface area contributed by atoms with E-state index in [-0.39, 0.29) is 6.10 Å². The van der Waals surface area contributed by atoms with Crippen molar-refractivity contribution >= 4 is 10.9 Å². The van der Waals surface area contributed by atoms with E-state index in [9.17, 15) is 0 Å². The third-order valence-electron chi connectivity index (χ3n) is 4.61. The van der Waals surface area contributed by atoms with Crippen molar-refractivity contribution in [2.45, 2.75) is 25.5 Å². The molecule has 1 saturated heterocycles. The van der Waals surface area contributed by atoms with Gasteiger partial charge in [0.2, 0.25) is 0 Å². The van der Waals surface area contributed by atoms with Crippen molar-refractivity contribution in [3.8, 4) is 0 Å². The lowest BCUT2D eigenvalue weighted by Gasteiger charge is -2.33. The van der Waals surface area contributed by atoms with Gasteiger partial charge in [0.05, 0.1) is 12.7 Å². The molecular formula is C19H22N4O. The topological polar surface area (TPSA) is 54.0 Å². The van der Waals surface area contributed by atoms with Gasteiger partial charge in [-0.3, -0.25) is 4.90 Å². The number of benzene rings is 1. The summed E-state index contributed by atoms with van der Waals surface area (Å²) in [6.45, 7) is 3.75. The number of hydrogen-bond donors (Lipinski definition) is 1. The minimum atomic E-state index is 0.280. The van der Waals surface area contributed by atoms with Gasteiger partial charge in [-0.2, -0.15) is 0 Å². The Labute approximate surface area is 141 Å². The number of aromatic amines is 1. The second kappa shape index (κ2) is 7.11. The molecule has 1 aliphatic heterocycles. The van der Waals surface area contributed by atoms with Gasteiger partial charge in [0, 0.05) is 43.2 Å². The first-order valence-corrected chi connectivity index (χ1v) is 8.52.